The number of amides is 1. The van der Waals surface area contributed by atoms with Crippen molar-refractivity contribution in [3.8, 4) is 0 Å². The highest BCUT2D eigenvalue weighted by Gasteiger charge is 2.41. The Hall–Kier alpha value is -3.94. The summed E-state index contributed by atoms with van der Waals surface area (Å²) in [6, 6.07) is 5.80. The van der Waals surface area contributed by atoms with Gasteiger partial charge in [0.25, 0.3) is 26.1 Å². The van der Waals surface area contributed by atoms with Crippen molar-refractivity contribution < 1.29 is 40.6 Å². The van der Waals surface area contributed by atoms with Gasteiger partial charge in [0.05, 0.1) is 10.6 Å². The average Bonchev–Trinajstić information content (AvgIpc) is 3.18. The fourth-order valence-electron chi connectivity index (χ4n) is 3.36. The third-order valence-corrected chi connectivity index (χ3v) is 7.17. The molecule has 0 radical (unpaired) electrons. The number of hydrogen-bond donors (Lipinski definition) is 3. The van der Waals surface area contributed by atoms with Gasteiger partial charge in [-0.1, -0.05) is 6.07 Å². The van der Waals surface area contributed by atoms with E-state index in [1.54, 1.807) is 0 Å². The van der Waals surface area contributed by atoms with Crippen LogP contribution in [0.1, 0.15) is 11.4 Å². The normalized spacial score (nSPS) is 16.0. The number of rotatable bonds is 8. The van der Waals surface area contributed by atoms with Gasteiger partial charge in [0.2, 0.25) is 16.6 Å². The second kappa shape index (κ2) is 10.9. The van der Waals surface area contributed by atoms with Crippen LogP contribution >= 0.6 is 23.2 Å². The fraction of sp³-hybridized carbons (Fsp3) is 0.100. The summed E-state index contributed by atoms with van der Waals surface area (Å²) < 4.78 is 65.4. The number of hydrogen-bond acceptors (Lipinski definition) is 12. The van der Waals surface area contributed by atoms with Crippen molar-refractivity contribution in [3.63, 3.8) is 0 Å². The smallest absolute Gasteiger partial charge is 0.355 e. The number of carboxylic acid groups (broad SMARTS) is 1. The molecule has 1 aliphatic rings. The molecular formula is C20H13Cl2N7O9S2. The summed E-state index contributed by atoms with van der Waals surface area (Å²) in [5, 5.41) is 20.8. The highest BCUT2D eigenvalue weighted by atomic mass is 35.5. The van der Waals surface area contributed by atoms with Crippen LogP contribution in [0, 0.1) is 0 Å². The first-order chi connectivity index (χ1) is 18.6. The highest BCUT2D eigenvalue weighted by molar-refractivity contribution is 7.86. The lowest BCUT2D eigenvalue weighted by Gasteiger charge is -2.12. The Morgan fingerprint density at radius 3 is 2.12 bits per heavy atom. The Morgan fingerprint density at radius 1 is 0.950 bits per heavy atom. The number of anilines is 1. The fourth-order valence-corrected chi connectivity index (χ4v) is 4.91. The van der Waals surface area contributed by atoms with E-state index in [2.05, 4.69) is 30.3 Å². The van der Waals surface area contributed by atoms with E-state index >= 15 is 0 Å². The molecule has 0 fully saturated rings. The van der Waals surface area contributed by atoms with Crippen LogP contribution < -0.4 is 5.01 Å². The maximum absolute atomic E-state index is 12.9. The van der Waals surface area contributed by atoms with Gasteiger partial charge in [0.15, 0.2) is 5.71 Å². The van der Waals surface area contributed by atoms with Gasteiger partial charge in [-0.15, -0.1) is 0 Å². The number of aromatic nitrogens is 3. The van der Waals surface area contributed by atoms with Crippen molar-refractivity contribution in [1.82, 2.24) is 15.0 Å². The molecule has 0 spiro atoms. The van der Waals surface area contributed by atoms with E-state index in [1.165, 1.54) is 6.07 Å². The van der Waals surface area contributed by atoms with Crippen LogP contribution in [-0.2, 0) is 36.2 Å². The SMILES string of the molecule is O=C(O)C1=NN(c2ccc(S(=O)(=O)O)cc2)C(=O)C1N=Nc1ccc(Cc2nc(Cl)nc(Cl)n2)cc1S(=O)(=O)O. The summed E-state index contributed by atoms with van der Waals surface area (Å²) in [5.74, 6) is -2.58. The molecule has 1 amide bonds. The minimum atomic E-state index is -4.89. The first kappa shape index (κ1) is 29.1. The van der Waals surface area contributed by atoms with Crippen LogP contribution in [0.3, 0.4) is 0 Å². The van der Waals surface area contributed by atoms with Gasteiger partial charge in [-0.3, -0.25) is 13.9 Å². The number of benzene rings is 2. The van der Waals surface area contributed by atoms with Gasteiger partial charge in [0, 0.05) is 6.42 Å². The molecule has 0 saturated heterocycles. The Kier molecular flexibility index (Phi) is 7.92. The quantitative estimate of drug-likeness (QED) is 0.240. The number of carboxylic acids is 1. The lowest BCUT2D eigenvalue weighted by Crippen LogP contribution is -2.33. The Balaban J connectivity index is 1.65. The van der Waals surface area contributed by atoms with Crippen LogP contribution in [0.5, 0.6) is 0 Å². The minimum Gasteiger partial charge on any atom is -0.477 e. The van der Waals surface area contributed by atoms with Crippen LogP contribution in [-0.4, -0.2) is 69.6 Å². The van der Waals surface area contributed by atoms with E-state index in [1.807, 2.05) is 0 Å². The summed E-state index contributed by atoms with van der Waals surface area (Å²) in [7, 11) is -9.42. The molecule has 0 bridgehead atoms. The Labute approximate surface area is 234 Å². The number of aliphatic carboxylic acids is 1. The van der Waals surface area contributed by atoms with Crippen molar-refractivity contribution >= 4 is 72.4 Å². The zero-order valence-corrected chi connectivity index (χ0v) is 22.5. The molecule has 3 aromatic rings. The summed E-state index contributed by atoms with van der Waals surface area (Å²) in [6.07, 6.45) is -0.0792. The molecule has 16 nitrogen and oxygen atoms in total. The topological polar surface area (TPSA) is 242 Å². The van der Waals surface area contributed by atoms with Crippen LogP contribution in [0.25, 0.3) is 0 Å². The van der Waals surface area contributed by atoms with E-state index in [4.69, 9.17) is 27.8 Å². The first-order valence-electron chi connectivity index (χ1n) is 10.4. The van der Waals surface area contributed by atoms with Gasteiger partial charge >= 0.3 is 5.97 Å². The monoisotopic (exact) mass is 629 g/mol. The standard InChI is InChI=1S/C20H13Cl2N7O9S2/c21-19-23-14(24-20(22)25-19)8-9-1-6-12(13(7-9)40(36,37)38)26-27-15-16(18(31)32)28-29(17(15)30)10-2-4-11(5-3-10)39(33,34)35/h1-7,15H,8H2,(H,31,32)(H,33,34,35)(H,36,37,38). The lowest BCUT2D eigenvalue weighted by molar-refractivity contribution is -0.130. The molecule has 20 heteroatoms. The van der Waals surface area contributed by atoms with Crippen molar-refractivity contribution in [2.45, 2.75) is 22.3 Å². The zero-order valence-electron chi connectivity index (χ0n) is 19.3. The van der Waals surface area contributed by atoms with Crippen molar-refractivity contribution in [3.05, 3.63) is 64.4 Å². The molecule has 0 aliphatic carbocycles. The third-order valence-electron chi connectivity index (χ3n) is 5.08. The lowest BCUT2D eigenvalue weighted by atomic mass is 10.1. The van der Waals surface area contributed by atoms with Gasteiger partial charge in [-0.25, -0.2) is 14.8 Å². The maximum atomic E-state index is 12.9. The molecule has 40 heavy (non-hydrogen) atoms. The van der Waals surface area contributed by atoms with Crippen molar-refractivity contribution in [1.29, 1.82) is 0 Å². The molecule has 2 heterocycles. The van der Waals surface area contributed by atoms with E-state index in [9.17, 15) is 36.1 Å². The van der Waals surface area contributed by atoms with E-state index in [0.717, 1.165) is 36.4 Å². The largest absolute Gasteiger partial charge is 0.477 e. The number of nitrogens with zero attached hydrogens (tertiary/aromatic N) is 7. The molecule has 2 aromatic carbocycles. The second-order valence-electron chi connectivity index (χ2n) is 7.77. The minimum absolute atomic E-state index is 0.0598. The number of azo groups is 1. The molecule has 1 aromatic heterocycles. The molecule has 1 unspecified atom stereocenters. The molecule has 0 saturated carbocycles. The van der Waals surface area contributed by atoms with Crippen molar-refractivity contribution in [2.75, 3.05) is 5.01 Å². The average molecular weight is 630 g/mol. The molecule has 208 valence electrons. The summed E-state index contributed by atoms with van der Waals surface area (Å²) in [5.41, 5.74) is -1.00. The molecule has 4 rings (SSSR count). The van der Waals surface area contributed by atoms with Gasteiger partial charge in [-0.2, -0.15) is 42.2 Å². The third kappa shape index (κ3) is 6.43. The van der Waals surface area contributed by atoms with E-state index < -0.39 is 59.3 Å². The summed E-state index contributed by atoms with van der Waals surface area (Å²) >= 11 is 11.5. The van der Waals surface area contributed by atoms with Crippen LogP contribution in [0.2, 0.25) is 10.6 Å². The first-order valence-corrected chi connectivity index (χ1v) is 14.1. The Morgan fingerprint density at radius 2 is 1.57 bits per heavy atom. The number of carbonyl (C=O) groups is 2. The van der Waals surface area contributed by atoms with Crippen molar-refractivity contribution in [2.24, 2.45) is 15.3 Å². The number of halogens is 2. The second-order valence-corrected chi connectivity index (χ2v) is 11.3. The molecular weight excluding hydrogens is 617 g/mol. The van der Waals surface area contributed by atoms with E-state index in [0.29, 0.717) is 5.01 Å². The predicted molar refractivity (Wildman–Crippen MR) is 136 cm³/mol. The highest BCUT2D eigenvalue weighted by Crippen LogP contribution is 2.29. The van der Waals surface area contributed by atoms with Crippen LogP contribution in [0.4, 0.5) is 11.4 Å². The Bertz CT molecular complexity index is 1800. The number of carbonyl (C=O) groups excluding carboxylic acids is 1. The summed E-state index contributed by atoms with van der Waals surface area (Å²) in [6.45, 7) is 0. The van der Waals surface area contributed by atoms with Gasteiger partial charge in [-0.05, 0) is 65.2 Å². The molecule has 3 N–H and O–H groups in total. The maximum Gasteiger partial charge on any atom is 0.355 e. The van der Waals surface area contributed by atoms with Gasteiger partial charge in [0.1, 0.15) is 16.4 Å². The predicted octanol–water partition coefficient (Wildman–Crippen LogP) is 2.20. The van der Waals surface area contributed by atoms with Gasteiger partial charge < -0.3 is 5.11 Å². The number of hydrazone groups is 1. The molecule has 1 atom stereocenters. The van der Waals surface area contributed by atoms with E-state index in [-0.39, 0.29) is 34.1 Å². The molecule has 1 aliphatic heterocycles. The van der Waals surface area contributed by atoms with Crippen LogP contribution in [0.15, 0.2) is 67.6 Å². The summed E-state index contributed by atoms with van der Waals surface area (Å²) in [4.78, 5) is 34.8. The zero-order chi connectivity index (χ0) is 29.4.